The molecule has 3 aromatic rings. The maximum atomic E-state index is 13.5. The Morgan fingerprint density at radius 1 is 0.871 bits per heavy atom. The van der Waals surface area contributed by atoms with E-state index in [4.69, 9.17) is 11.6 Å². The average molecular weight is 435 g/mol. The Kier molecular flexibility index (Phi) is 5.38. The zero-order chi connectivity index (χ0) is 22.3. The summed E-state index contributed by atoms with van der Waals surface area (Å²) >= 11 is 6.24. The molecule has 1 heterocycles. The summed E-state index contributed by atoms with van der Waals surface area (Å²) < 4.78 is 13.5. The lowest BCUT2D eigenvalue weighted by molar-refractivity contribution is -0.120. The van der Waals surface area contributed by atoms with E-state index >= 15 is 0 Å². The SMILES string of the molecule is Cc1cc(C)cc(NC2=C(c3ccc(F)cc3)C(=O)N(c3cccc(Cl)c3C)C2=O)c1. The van der Waals surface area contributed by atoms with Gasteiger partial charge in [0, 0.05) is 10.7 Å². The third-order valence-electron chi connectivity index (χ3n) is 5.19. The van der Waals surface area contributed by atoms with Gasteiger partial charge < -0.3 is 5.32 Å². The topological polar surface area (TPSA) is 49.4 Å². The Morgan fingerprint density at radius 2 is 1.52 bits per heavy atom. The van der Waals surface area contributed by atoms with Crippen molar-refractivity contribution < 1.29 is 14.0 Å². The molecule has 1 N–H and O–H groups in total. The number of carbonyl (C=O) groups is 2. The van der Waals surface area contributed by atoms with Crippen molar-refractivity contribution in [1.29, 1.82) is 0 Å². The molecule has 4 nitrogen and oxygen atoms in total. The van der Waals surface area contributed by atoms with Crippen LogP contribution < -0.4 is 10.2 Å². The van der Waals surface area contributed by atoms with Crippen LogP contribution in [-0.4, -0.2) is 11.8 Å². The van der Waals surface area contributed by atoms with E-state index in [1.165, 1.54) is 24.3 Å². The summed E-state index contributed by atoms with van der Waals surface area (Å²) in [6.07, 6.45) is 0. The van der Waals surface area contributed by atoms with Crippen molar-refractivity contribution in [2.45, 2.75) is 20.8 Å². The molecule has 0 saturated heterocycles. The molecular weight excluding hydrogens is 415 g/mol. The number of aryl methyl sites for hydroxylation is 2. The quantitative estimate of drug-likeness (QED) is 0.528. The lowest BCUT2D eigenvalue weighted by Crippen LogP contribution is -2.33. The minimum Gasteiger partial charge on any atom is -0.350 e. The average Bonchev–Trinajstić information content (AvgIpc) is 2.94. The summed E-state index contributed by atoms with van der Waals surface area (Å²) in [4.78, 5) is 28.1. The molecule has 0 saturated carbocycles. The van der Waals surface area contributed by atoms with Crippen molar-refractivity contribution in [3.8, 4) is 0 Å². The second-order valence-electron chi connectivity index (χ2n) is 7.59. The van der Waals surface area contributed by atoms with Crippen LogP contribution in [0.1, 0.15) is 22.3 Å². The lowest BCUT2D eigenvalue weighted by Gasteiger charge is -2.18. The first-order valence-corrected chi connectivity index (χ1v) is 10.1. The number of rotatable bonds is 4. The Bertz CT molecular complexity index is 1230. The molecule has 0 spiro atoms. The first kappa shape index (κ1) is 20.8. The molecule has 0 atom stereocenters. The number of anilines is 2. The van der Waals surface area contributed by atoms with Crippen molar-refractivity contribution in [3.63, 3.8) is 0 Å². The van der Waals surface area contributed by atoms with Crippen LogP contribution in [0.25, 0.3) is 5.57 Å². The summed E-state index contributed by atoms with van der Waals surface area (Å²) in [5, 5.41) is 3.60. The molecule has 0 aromatic heterocycles. The molecular formula is C25H20ClFN2O2. The molecule has 0 fully saturated rings. The highest BCUT2D eigenvalue weighted by Gasteiger charge is 2.41. The molecule has 0 bridgehead atoms. The first-order chi connectivity index (χ1) is 14.8. The highest BCUT2D eigenvalue weighted by Crippen LogP contribution is 2.36. The van der Waals surface area contributed by atoms with E-state index in [1.54, 1.807) is 25.1 Å². The monoisotopic (exact) mass is 434 g/mol. The summed E-state index contributed by atoms with van der Waals surface area (Å²) in [6.45, 7) is 5.67. The normalized spacial score (nSPS) is 13.9. The fourth-order valence-corrected chi connectivity index (χ4v) is 3.95. The van der Waals surface area contributed by atoms with Gasteiger partial charge in [-0.2, -0.15) is 0 Å². The van der Waals surface area contributed by atoms with Gasteiger partial charge in [-0.05, 0) is 79.4 Å². The Labute approximate surface area is 185 Å². The minimum absolute atomic E-state index is 0.140. The molecule has 1 aliphatic heterocycles. The smallest absolute Gasteiger partial charge is 0.282 e. The maximum Gasteiger partial charge on any atom is 0.282 e. The number of imide groups is 1. The van der Waals surface area contributed by atoms with E-state index in [9.17, 15) is 14.0 Å². The van der Waals surface area contributed by atoms with Crippen LogP contribution in [0.4, 0.5) is 15.8 Å². The van der Waals surface area contributed by atoms with Crippen LogP contribution in [0, 0.1) is 26.6 Å². The third kappa shape index (κ3) is 3.84. The van der Waals surface area contributed by atoms with E-state index in [0.717, 1.165) is 16.0 Å². The van der Waals surface area contributed by atoms with Crippen LogP contribution in [0.5, 0.6) is 0 Å². The zero-order valence-electron chi connectivity index (χ0n) is 17.3. The molecule has 0 radical (unpaired) electrons. The van der Waals surface area contributed by atoms with Crippen LogP contribution in [0.2, 0.25) is 5.02 Å². The fraction of sp³-hybridized carbons (Fsp3) is 0.120. The molecule has 0 unspecified atom stereocenters. The number of nitrogens with zero attached hydrogens (tertiary/aromatic N) is 1. The number of hydrogen-bond donors (Lipinski definition) is 1. The molecule has 31 heavy (non-hydrogen) atoms. The summed E-state index contributed by atoms with van der Waals surface area (Å²) in [5.74, 6) is -1.41. The Hall–Kier alpha value is -3.44. The van der Waals surface area contributed by atoms with Crippen LogP contribution >= 0.6 is 11.6 Å². The first-order valence-electron chi connectivity index (χ1n) is 9.75. The van der Waals surface area contributed by atoms with E-state index in [2.05, 4.69) is 5.32 Å². The van der Waals surface area contributed by atoms with Crippen LogP contribution in [0.3, 0.4) is 0 Å². The van der Waals surface area contributed by atoms with Gasteiger partial charge in [0.1, 0.15) is 11.5 Å². The van der Waals surface area contributed by atoms with Gasteiger partial charge in [-0.3, -0.25) is 9.59 Å². The largest absolute Gasteiger partial charge is 0.350 e. The molecule has 3 aromatic carbocycles. The van der Waals surface area contributed by atoms with E-state index < -0.39 is 17.6 Å². The molecule has 156 valence electrons. The fourth-order valence-electron chi connectivity index (χ4n) is 3.78. The molecule has 0 aliphatic carbocycles. The number of carbonyl (C=O) groups excluding carboxylic acids is 2. The number of hydrogen-bond acceptors (Lipinski definition) is 3. The Morgan fingerprint density at radius 3 is 2.16 bits per heavy atom. The van der Waals surface area contributed by atoms with Gasteiger partial charge in [0.15, 0.2) is 0 Å². The summed E-state index contributed by atoms with van der Waals surface area (Å²) in [6, 6.07) is 16.4. The van der Waals surface area contributed by atoms with E-state index in [1.807, 2.05) is 32.0 Å². The number of halogens is 2. The highest BCUT2D eigenvalue weighted by molar-refractivity contribution is 6.46. The molecule has 2 amide bonds. The van der Waals surface area contributed by atoms with Crippen molar-refractivity contribution in [2.75, 3.05) is 10.2 Å². The van der Waals surface area contributed by atoms with Crippen molar-refractivity contribution in [1.82, 2.24) is 0 Å². The minimum atomic E-state index is -0.492. The van der Waals surface area contributed by atoms with Gasteiger partial charge in [-0.25, -0.2) is 9.29 Å². The van der Waals surface area contributed by atoms with Crippen LogP contribution in [0.15, 0.2) is 66.4 Å². The number of nitrogens with one attached hydrogen (secondary N) is 1. The Balaban J connectivity index is 1.86. The molecule has 4 rings (SSSR count). The number of benzene rings is 3. The van der Waals surface area contributed by atoms with E-state index in [0.29, 0.717) is 27.5 Å². The standard InChI is InChI=1S/C25H20ClFN2O2/c1-14-11-15(2)13-19(12-14)28-23-22(17-7-9-18(27)10-8-17)24(30)29(25(23)31)21-6-4-5-20(26)16(21)3/h4-13,28H,1-3H3. The van der Waals surface area contributed by atoms with Gasteiger partial charge in [-0.1, -0.05) is 35.9 Å². The lowest BCUT2D eigenvalue weighted by atomic mass is 10.0. The van der Waals surface area contributed by atoms with Crippen molar-refractivity contribution >= 4 is 40.4 Å². The second kappa shape index (κ2) is 8.00. The van der Waals surface area contributed by atoms with Gasteiger partial charge in [0.05, 0.1) is 11.3 Å². The predicted octanol–water partition coefficient (Wildman–Crippen LogP) is 5.80. The maximum absolute atomic E-state index is 13.5. The zero-order valence-corrected chi connectivity index (χ0v) is 18.0. The summed E-state index contributed by atoms with van der Waals surface area (Å²) in [7, 11) is 0. The number of amides is 2. The molecule has 6 heteroatoms. The molecule has 1 aliphatic rings. The van der Waals surface area contributed by atoms with Gasteiger partial charge in [0.25, 0.3) is 11.8 Å². The third-order valence-corrected chi connectivity index (χ3v) is 5.60. The predicted molar refractivity (Wildman–Crippen MR) is 122 cm³/mol. The highest BCUT2D eigenvalue weighted by atomic mass is 35.5. The van der Waals surface area contributed by atoms with Gasteiger partial charge >= 0.3 is 0 Å². The second-order valence-corrected chi connectivity index (χ2v) is 8.00. The van der Waals surface area contributed by atoms with Gasteiger partial charge in [-0.15, -0.1) is 0 Å². The van der Waals surface area contributed by atoms with Crippen molar-refractivity contribution in [2.24, 2.45) is 0 Å². The summed E-state index contributed by atoms with van der Waals surface area (Å²) in [5.41, 5.74) is 4.55. The van der Waals surface area contributed by atoms with Crippen molar-refractivity contribution in [3.05, 3.63) is 99.5 Å². The van der Waals surface area contributed by atoms with Crippen LogP contribution in [-0.2, 0) is 9.59 Å². The van der Waals surface area contributed by atoms with Gasteiger partial charge in [0.2, 0.25) is 0 Å². The van der Waals surface area contributed by atoms with E-state index in [-0.39, 0.29) is 11.3 Å².